The second kappa shape index (κ2) is 5.35. The summed E-state index contributed by atoms with van der Waals surface area (Å²) >= 11 is 0. The van der Waals surface area contributed by atoms with Crippen molar-refractivity contribution in [1.29, 1.82) is 0 Å². The third kappa shape index (κ3) is 2.89. The maximum Gasteiger partial charge on any atom is 0.270 e. The van der Waals surface area contributed by atoms with Gasteiger partial charge in [0.2, 0.25) is 6.20 Å². The Morgan fingerprint density at radius 2 is 1.90 bits per heavy atom. The van der Waals surface area contributed by atoms with Crippen LogP contribution in [-0.4, -0.2) is 9.85 Å². The lowest BCUT2D eigenvalue weighted by Crippen LogP contribution is -1.89. The molecule has 0 unspecified atom stereocenters. The van der Waals surface area contributed by atoms with Gasteiger partial charge in [-0.1, -0.05) is 6.07 Å². The van der Waals surface area contributed by atoms with E-state index in [4.69, 9.17) is 4.42 Å². The van der Waals surface area contributed by atoms with Crippen LogP contribution in [0.4, 0.5) is 5.69 Å². The number of furan rings is 1. The molecule has 102 valence electrons. The molecule has 0 spiro atoms. The fourth-order valence-corrected chi connectivity index (χ4v) is 1.71. The van der Waals surface area contributed by atoms with E-state index in [0.717, 1.165) is 11.8 Å². The first-order valence-corrected chi connectivity index (χ1v) is 5.64. The molecule has 20 heavy (non-hydrogen) atoms. The van der Waals surface area contributed by atoms with E-state index in [1.807, 2.05) is 0 Å². The van der Waals surface area contributed by atoms with Gasteiger partial charge in [-0.25, -0.2) is 0 Å². The average Bonchev–Trinajstić information content (AvgIpc) is 2.85. The standard InChI is InChI=1S/C13H10N2O5/c1-9-2-3-10(15(18)19)8-12(9)13-5-4-11(20-13)6-7-14(16)17/h2-8H,1H3/b7-6-. The quantitative estimate of drug-likeness (QED) is 0.628. The zero-order valence-electron chi connectivity index (χ0n) is 10.5. The van der Waals surface area contributed by atoms with Gasteiger partial charge < -0.3 is 4.42 Å². The molecule has 1 aromatic heterocycles. The summed E-state index contributed by atoms with van der Waals surface area (Å²) in [4.78, 5) is 19.9. The van der Waals surface area contributed by atoms with Crippen LogP contribution < -0.4 is 0 Å². The minimum Gasteiger partial charge on any atom is -0.456 e. The van der Waals surface area contributed by atoms with Gasteiger partial charge in [0.1, 0.15) is 11.5 Å². The molecule has 1 heterocycles. The molecule has 0 aliphatic rings. The minimum absolute atomic E-state index is 0.0376. The van der Waals surface area contributed by atoms with Crippen LogP contribution in [0.15, 0.2) is 40.9 Å². The van der Waals surface area contributed by atoms with Crippen LogP contribution in [0.5, 0.6) is 0 Å². The van der Waals surface area contributed by atoms with Gasteiger partial charge >= 0.3 is 0 Å². The summed E-state index contributed by atoms with van der Waals surface area (Å²) in [7, 11) is 0. The van der Waals surface area contributed by atoms with E-state index in [9.17, 15) is 20.2 Å². The van der Waals surface area contributed by atoms with Crippen LogP contribution in [0.1, 0.15) is 11.3 Å². The maximum atomic E-state index is 10.8. The van der Waals surface area contributed by atoms with Crippen molar-refractivity contribution in [2.24, 2.45) is 0 Å². The Hall–Kier alpha value is -2.96. The number of non-ortho nitro benzene ring substituents is 1. The first-order valence-electron chi connectivity index (χ1n) is 5.64. The second-order valence-corrected chi connectivity index (χ2v) is 4.06. The Morgan fingerprint density at radius 1 is 1.15 bits per heavy atom. The number of aryl methyl sites for hydroxylation is 1. The first-order chi connectivity index (χ1) is 9.47. The van der Waals surface area contributed by atoms with Crippen molar-refractivity contribution in [1.82, 2.24) is 0 Å². The number of benzene rings is 1. The summed E-state index contributed by atoms with van der Waals surface area (Å²) in [5, 5.41) is 21.0. The number of hydrogen-bond acceptors (Lipinski definition) is 5. The van der Waals surface area contributed by atoms with E-state index in [-0.39, 0.29) is 5.69 Å². The number of rotatable bonds is 4. The Bertz CT molecular complexity index is 703. The predicted molar refractivity (Wildman–Crippen MR) is 71.6 cm³/mol. The molecule has 7 heteroatoms. The van der Waals surface area contributed by atoms with E-state index < -0.39 is 9.85 Å². The van der Waals surface area contributed by atoms with E-state index in [1.165, 1.54) is 18.2 Å². The van der Waals surface area contributed by atoms with Gasteiger partial charge in [0.05, 0.1) is 15.9 Å². The summed E-state index contributed by atoms with van der Waals surface area (Å²) in [6, 6.07) is 7.63. The molecule has 0 bridgehead atoms. The van der Waals surface area contributed by atoms with Gasteiger partial charge in [-0.05, 0) is 24.6 Å². The Balaban J connectivity index is 2.39. The number of hydrogen-bond donors (Lipinski definition) is 0. The van der Waals surface area contributed by atoms with Crippen LogP contribution in [-0.2, 0) is 0 Å². The second-order valence-electron chi connectivity index (χ2n) is 4.06. The molecule has 0 aliphatic carbocycles. The van der Waals surface area contributed by atoms with Crippen molar-refractivity contribution in [3.05, 3.63) is 68.1 Å². The van der Waals surface area contributed by atoms with Gasteiger partial charge in [-0.15, -0.1) is 0 Å². The summed E-state index contributed by atoms with van der Waals surface area (Å²) < 4.78 is 5.42. The lowest BCUT2D eigenvalue weighted by atomic mass is 10.1. The highest BCUT2D eigenvalue weighted by Gasteiger charge is 2.12. The first kappa shape index (κ1) is 13.5. The van der Waals surface area contributed by atoms with Crippen LogP contribution in [0, 0.1) is 27.2 Å². The molecule has 0 radical (unpaired) electrons. The SMILES string of the molecule is Cc1ccc([N+](=O)[O-])cc1-c1ccc(/C=C\[N+](=O)[O-])o1. The predicted octanol–water partition coefficient (Wildman–Crippen LogP) is 3.41. The number of nitro benzene ring substituents is 1. The van der Waals surface area contributed by atoms with Crippen LogP contribution in [0.3, 0.4) is 0 Å². The van der Waals surface area contributed by atoms with Gasteiger partial charge in [0, 0.05) is 17.7 Å². The Labute approximate surface area is 113 Å². The summed E-state index contributed by atoms with van der Waals surface area (Å²) in [6.07, 6.45) is 1.99. The highest BCUT2D eigenvalue weighted by molar-refractivity contribution is 5.66. The van der Waals surface area contributed by atoms with E-state index in [1.54, 1.807) is 25.1 Å². The molecule has 7 nitrogen and oxygen atoms in total. The smallest absolute Gasteiger partial charge is 0.270 e. The molecule has 0 fully saturated rings. The van der Waals surface area contributed by atoms with E-state index >= 15 is 0 Å². The highest BCUT2D eigenvalue weighted by Crippen LogP contribution is 2.29. The van der Waals surface area contributed by atoms with Crippen molar-refractivity contribution < 1.29 is 14.3 Å². The molecule has 1 aromatic carbocycles. The summed E-state index contributed by atoms with van der Waals surface area (Å²) in [6.45, 7) is 1.80. The lowest BCUT2D eigenvalue weighted by molar-refractivity contribution is -0.401. The van der Waals surface area contributed by atoms with Crippen molar-refractivity contribution in [2.75, 3.05) is 0 Å². The number of nitrogens with zero attached hydrogens (tertiary/aromatic N) is 2. The molecule has 2 rings (SSSR count). The van der Waals surface area contributed by atoms with Crippen LogP contribution >= 0.6 is 0 Å². The third-order valence-corrected chi connectivity index (χ3v) is 2.68. The maximum absolute atomic E-state index is 10.8. The molecule has 0 amide bonds. The van der Waals surface area contributed by atoms with Crippen molar-refractivity contribution in [3.63, 3.8) is 0 Å². The normalized spacial score (nSPS) is 10.8. The molecule has 0 N–H and O–H groups in total. The van der Waals surface area contributed by atoms with Crippen molar-refractivity contribution >= 4 is 11.8 Å². The minimum atomic E-state index is -0.596. The summed E-state index contributed by atoms with van der Waals surface area (Å²) in [5.41, 5.74) is 1.36. The average molecular weight is 274 g/mol. The van der Waals surface area contributed by atoms with E-state index in [2.05, 4.69) is 0 Å². The lowest BCUT2D eigenvalue weighted by Gasteiger charge is -2.02. The van der Waals surface area contributed by atoms with Gasteiger partial charge in [-0.2, -0.15) is 0 Å². The molecule has 0 aliphatic heterocycles. The zero-order chi connectivity index (χ0) is 14.7. The highest BCUT2D eigenvalue weighted by atomic mass is 16.6. The summed E-state index contributed by atoms with van der Waals surface area (Å²) in [5.74, 6) is 0.733. The molecule has 0 saturated heterocycles. The topological polar surface area (TPSA) is 99.4 Å². The molecule has 2 aromatic rings. The van der Waals surface area contributed by atoms with Gasteiger partial charge in [0.15, 0.2) is 0 Å². The Kier molecular flexibility index (Phi) is 3.60. The van der Waals surface area contributed by atoms with Crippen molar-refractivity contribution in [2.45, 2.75) is 6.92 Å². The van der Waals surface area contributed by atoms with E-state index in [0.29, 0.717) is 17.1 Å². The largest absolute Gasteiger partial charge is 0.456 e. The Morgan fingerprint density at radius 3 is 2.55 bits per heavy atom. The third-order valence-electron chi connectivity index (χ3n) is 2.68. The number of nitro groups is 2. The van der Waals surface area contributed by atoms with Crippen LogP contribution in [0.2, 0.25) is 0 Å². The van der Waals surface area contributed by atoms with Gasteiger partial charge in [0.25, 0.3) is 5.69 Å². The fourth-order valence-electron chi connectivity index (χ4n) is 1.71. The zero-order valence-corrected chi connectivity index (χ0v) is 10.5. The van der Waals surface area contributed by atoms with Crippen LogP contribution in [0.25, 0.3) is 17.4 Å². The van der Waals surface area contributed by atoms with Crippen molar-refractivity contribution in [3.8, 4) is 11.3 Å². The molecular weight excluding hydrogens is 264 g/mol. The molecule has 0 saturated carbocycles. The monoisotopic (exact) mass is 274 g/mol. The molecule has 0 atom stereocenters. The fraction of sp³-hybridized carbons (Fsp3) is 0.0769. The molecular formula is C13H10N2O5. The van der Waals surface area contributed by atoms with Gasteiger partial charge in [-0.3, -0.25) is 20.2 Å².